The quantitative estimate of drug-likeness (QED) is 0.397. The number of rotatable bonds is 4. The SMILES string of the molecule is CC(C)c1ccc2oc(-c3cccc(NC(=O)c4ccc5nsnc5c4)c3)nc2c1. The van der Waals surface area contributed by atoms with Crippen molar-refractivity contribution in [1.82, 2.24) is 13.7 Å². The van der Waals surface area contributed by atoms with E-state index < -0.39 is 0 Å². The van der Waals surface area contributed by atoms with Gasteiger partial charge in [0.2, 0.25) is 5.89 Å². The minimum Gasteiger partial charge on any atom is -0.436 e. The molecule has 0 atom stereocenters. The summed E-state index contributed by atoms with van der Waals surface area (Å²) >= 11 is 1.13. The first kappa shape index (κ1) is 18.4. The molecule has 30 heavy (non-hydrogen) atoms. The number of anilines is 1. The summed E-state index contributed by atoms with van der Waals surface area (Å²) in [5, 5.41) is 2.93. The fraction of sp³-hybridized carbons (Fsp3) is 0.130. The van der Waals surface area contributed by atoms with E-state index in [1.54, 1.807) is 18.2 Å². The van der Waals surface area contributed by atoms with Crippen LogP contribution in [-0.2, 0) is 0 Å². The molecule has 0 aliphatic carbocycles. The third-order valence-corrected chi connectivity index (χ3v) is 5.52. The average molecular weight is 414 g/mol. The predicted octanol–water partition coefficient (Wildman–Crippen LogP) is 5.88. The van der Waals surface area contributed by atoms with Crippen LogP contribution < -0.4 is 5.32 Å². The van der Waals surface area contributed by atoms with E-state index in [2.05, 4.69) is 45.0 Å². The fourth-order valence-corrected chi connectivity index (χ4v) is 3.80. The molecule has 2 aromatic heterocycles. The summed E-state index contributed by atoms with van der Waals surface area (Å²) in [6, 6.07) is 18.8. The van der Waals surface area contributed by atoms with Crippen molar-refractivity contribution in [1.29, 1.82) is 0 Å². The standard InChI is InChI=1S/C23H18N4O2S/c1-13(2)14-7-9-21-20(11-14)25-23(29-21)16-4-3-5-17(10-16)24-22(28)15-6-8-18-19(12-15)27-30-26-18/h3-13H,1-2H3,(H,24,28). The van der Waals surface area contributed by atoms with Gasteiger partial charge in [0.05, 0.1) is 11.7 Å². The summed E-state index contributed by atoms with van der Waals surface area (Å²) in [5.41, 5.74) is 6.29. The van der Waals surface area contributed by atoms with Gasteiger partial charge >= 0.3 is 0 Å². The molecule has 0 radical (unpaired) electrons. The van der Waals surface area contributed by atoms with Crippen LogP contribution in [0.4, 0.5) is 5.69 Å². The van der Waals surface area contributed by atoms with Crippen LogP contribution >= 0.6 is 11.7 Å². The van der Waals surface area contributed by atoms with Gasteiger partial charge in [-0.3, -0.25) is 4.79 Å². The van der Waals surface area contributed by atoms with Crippen LogP contribution in [0.3, 0.4) is 0 Å². The van der Waals surface area contributed by atoms with Gasteiger partial charge in [0.25, 0.3) is 5.91 Å². The number of nitrogens with zero attached hydrogens (tertiary/aromatic N) is 3. The highest BCUT2D eigenvalue weighted by atomic mass is 32.1. The first-order valence-corrected chi connectivity index (χ1v) is 10.3. The number of carbonyl (C=O) groups excluding carboxylic acids is 1. The molecule has 3 aromatic carbocycles. The zero-order chi connectivity index (χ0) is 20.7. The van der Waals surface area contributed by atoms with Gasteiger partial charge in [-0.1, -0.05) is 26.0 Å². The maximum atomic E-state index is 12.7. The van der Waals surface area contributed by atoms with Crippen LogP contribution in [0.15, 0.2) is 65.1 Å². The van der Waals surface area contributed by atoms with E-state index in [1.165, 1.54) is 5.56 Å². The van der Waals surface area contributed by atoms with Gasteiger partial charge in [-0.25, -0.2) is 4.98 Å². The van der Waals surface area contributed by atoms with Gasteiger partial charge in [0, 0.05) is 16.8 Å². The maximum Gasteiger partial charge on any atom is 0.255 e. The summed E-state index contributed by atoms with van der Waals surface area (Å²) in [4.78, 5) is 17.3. The number of hydrogen-bond donors (Lipinski definition) is 1. The van der Waals surface area contributed by atoms with E-state index in [1.807, 2.05) is 30.3 Å². The topological polar surface area (TPSA) is 80.9 Å². The van der Waals surface area contributed by atoms with E-state index in [4.69, 9.17) is 4.42 Å². The molecule has 1 N–H and O–H groups in total. The van der Waals surface area contributed by atoms with Gasteiger partial charge in [-0.05, 0) is 60.0 Å². The third kappa shape index (κ3) is 3.44. The molecule has 0 aliphatic heterocycles. The molecule has 0 bridgehead atoms. The number of fused-ring (bicyclic) bond motifs is 2. The first-order valence-electron chi connectivity index (χ1n) is 9.61. The summed E-state index contributed by atoms with van der Waals surface area (Å²) in [6.45, 7) is 4.30. The second-order valence-electron chi connectivity index (χ2n) is 7.40. The van der Waals surface area contributed by atoms with E-state index in [9.17, 15) is 4.79 Å². The monoisotopic (exact) mass is 414 g/mol. The number of aromatic nitrogens is 3. The Balaban J connectivity index is 1.42. The average Bonchev–Trinajstić information content (AvgIpc) is 3.39. The van der Waals surface area contributed by atoms with Gasteiger partial charge in [0.15, 0.2) is 5.58 Å². The molecule has 0 saturated carbocycles. The molecular formula is C23H18N4O2S. The summed E-state index contributed by atoms with van der Waals surface area (Å²) < 4.78 is 14.3. The van der Waals surface area contributed by atoms with Gasteiger partial charge < -0.3 is 9.73 Å². The van der Waals surface area contributed by atoms with E-state index in [0.29, 0.717) is 28.6 Å². The van der Waals surface area contributed by atoms with Crippen molar-refractivity contribution in [2.75, 3.05) is 5.32 Å². The molecule has 1 amide bonds. The second-order valence-corrected chi connectivity index (χ2v) is 7.93. The van der Waals surface area contributed by atoms with E-state index in [0.717, 1.165) is 33.9 Å². The summed E-state index contributed by atoms with van der Waals surface area (Å²) in [6.07, 6.45) is 0. The Morgan fingerprint density at radius 3 is 2.70 bits per heavy atom. The zero-order valence-corrected chi connectivity index (χ0v) is 17.2. The fourth-order valence-electron chi connectivity index (χ4n) is 3.28. The third-order valence-electron chi connectivity index (χ3n) is 4.96. The molecule has 5 rings (SSSR count). The maximum absolute atomic E-state index is 12.7. The van der Waals surface area contributed by atoms with Crippen molar-refractivity contribution in [3.8, 4) is 11.5 Å². The van der Waals surface area contributed by atoms with Crippen LogP contribution in [0, 0.1) is 0 Å². The first-order chi connectivity index (χ1) is 14.6. The lowest BCUT2D eigenvalue weighted by molar-refractivity contribution is 0.102. The molecule has 0 unspecified atom stereocenters. The Morgan fingerprint density at radius 2 is 1.83 bits per heavy atom. The highest BCUT2D eigenvalue weighted by Crippen LogP contribution is 2.28. The van der Waals surface area contributed by atoms with E-state index >= 15 is 0 Å². The van der Waals surface area contributed by atoms with Crippen LogP contribution in [0.2, 0.25) is 0 Å². The number of nitrogens with one attached hydrogen (secondary N) is 1. The smallest absolute Gasteiger partial charge is 0.255 e. The summed E-state index contributed by atoms with van der Waals surface area (Å²) in [7, 11) is 0. The molecule has 0 spiro atoms. The Bertz CT molecular complexity index is 1390. The molecule has 6 nitrogen and oxygen atoms in total. The molecular weight excluding hydrogens is 396 g/mol. The van der Waals surface area contributed by atoms with Gasteiger partial charge in [-0.2, -0.15) is 8.75 Å². The Labute approximate surface area is 176 Å². The molecule has 7 heteroatoms. The highest BCUT2D eigenvalue weighted by molar-refractivity contribution is 7.00. The van der Waals surface area contributed by atoms with Crippen molar-refractivity contribution < 1.29 is 9.21 Å². The predicted molar refractivity (Wildman–Crippen MR) is 119 cm³/mol. The second kappa shape index (κ2) is 7.35. The molecule has 0 saturated heterocycles. The zero-order valence-electron chi connectivity index (χ0n) is 16.4. The number of amides is 1. The van der Waals surface area contributed by atoms with Crippen molar-refractivity contribution in [3.63, 3.8) is 0 Å². The highest BCUT2D eigenvalue weighted by Gasteiger charge is 2.12. The molecule has 0 aliphatic rings. The van der Waals surface area contributed by atoms with Crippen molar-refractivity contribution >= 4 is 45.5 Å². The van der Waals surface area contributed by atoms with Crippen molar-refractivity contribution in [2.45, 2.75) is 19.8 Å². The lowest BCUT2D eigenvalue weighted by Crippen LogP contribution is -2.11. The Hall–Kier alpha value is -3.58. The number of carbonyl (C=O) groups is 1. The molecule has 2 heterocycles. The largest absolute Gasteiger partial charge is 0.436 e. The van der Waals surface area contributed by atoms with Crippen LogP contribution in [0.25, 0.3) is 33.6 Å². The minimum atomic E-state index is -0.207. The van der Waals surface area contributed by atoms with Gasteiger partial charge in [0.1, 0.15) is 16.6 Å². The number of hydrogen-bond acceptors (Lipinski definition) is 6. The van der Waals surface area contributed by atoms with Crippen LogP contribution in [0.1, 0.15) is 35.7 Å². The van der Waals surface area contributed by atoms with E-state index in [-0.39, 0.29) is 5.91 Å². The van der Waals surface area contributed by atoms with Crippen molar-refractivity contribution in [2.24, 2.45) is 0 Å². The Kier molecular flexibility index (Phi) is 4.52. The lowest BCUT2D eigenvalue weighted by atomic mass is 10.0. The normalized spacial score (nSPS) is 11.4. The van der Waals surface area contributed by atoms with Crippen molar-refractivity contribution in [3.05, 3.63) is 71.8 Å². The van der Waals surface area contributed by atoms with Gasteiger partial charge in [-0.15, -0.1) is 0 Å². The molecule has 0 fully saturated rings. The lowest BCUT2D eigenvalue weighted by Gasteiger charge is -2.06. The van der Waals surface area contributed by atoms with Crippen LogP contribution in [0.5, 0.6) is 0 Å². The number of oxazole rings is 1. The number of benzene rings is 3. The molecule has 5 aromatic rings. The summed E-state index contributed by atoms with van der Waals surface area (Å²) in [5.74, 6) is 0.741. The Morgan fingerprint density at radius 1 is 0.967 bits per heavy atom. The minimum absolute atomic E-state index is 0.207. The molecule has 148 valence electrons. The van der Waals surface area contributed by atoms with Crippen LogP contribution in [-0.4, -0.2) is 19.6 Å².